The predicted molar refractivity (Wildman–Crippen MR) is 87.1 cm³/mol. The zero-order valence-corrected chi connectivity index (χ0v) is 13.8. The molecule has 20 heavy (non-hydrogen) atoms. The fourth-order valence-electron chi connectivity index (χ4n) is 3.01. The largest absolute Gasteiger partial charge is 0.307 e. The Bertz CT molecular complexity index is 443. The van der Waals surface area contributed by atoms with Gasteiger partial charge in [0.2, 0.25) is 0 Å². The fourth-order valence-corrected chi connectivity index (χ4v) is 3.01. The molecule has 2 nitrogen and oxygen atoms in total. The van der Waals surface area contributed by atoms with Crippen LogP contribution in [0.2, 0.25) is 0 Å². The molecule has 0 spiro atoms. The number of aryl methyl sites for hydroxylation is 2. The van der Waals surface area contributed by atoms with Crippen molar-refractivity contribution in [3.8, 4) is 0 Å². The van der Waals surface area contributed by atoms with E-state index in [-0.39, 0.29) is 0 Å². The summed E-state index contributed by atoms with van der Waals surface area (Å²) in [6, 6.07) is 7.42. The van der Waals surface area contributed by atoms with E-state index >= 15 is 0 Å². The third-order valence-electron chi connectivity index (χ3n) is 4.84. The Balaban J connectivity index is 1.92. The molecule has 1 heterocycles. The van der Waals surface area contributed by atoms with Gasteiger partial charge in [-0.1, -0.05) is 23.8 Å². The molecule has 0 amide bonds. The van der Waals surface area contributed by atoms with Crippen LogP contribution < -0.4 is 5.32 Å². The van der Waals surface area contributed by atoms with Crippen molar-refractivity contribution < 1.29 is 0 Å². The van der Waals surface area contributed by atoms with Gasteiger partial charge < -0.3 is 10.2 Å². The molecule has 0 bridgehead atoms. The number of nitrogens with one attached hydrogen (secondary N) is 1. The van der Waals surface area contributed by atoms with Gasteiger partial charge in [0, 0.05) is 31.2 Å². The van der Waals surface area contributed by atoms with Crippen molar-refractivity contribution in [3.63, 3.8) is 0 Å². The van der Waals surface area contributed by atoms with Gasteiger partial charge in [0.1, 0.15) is 0 Å². The first-order valence-corrected chi connectivity index (χ1v) is 7.95. The first kappa shape index (κ1) is 15.5. The van der Waals surface area contributed by atoms with Crippen LogP contribution in [0, 0.1) is 13.8 Å². The summed E-state index contributed by atoms with van der Waals surface area (Å²) in [7, 11) is 0. The van der Waals surface area contributed by atoms with Crippen LogP contribution in [-0.2, 0) is 6.54 Å². The Morgan fingerprint density at radius 2 is 1.85 bits per heavy atom. The van der Waals surface area contributed by atoms with Gasteiger partial charge in [0.05, 0.1) is 0 Å². The second-order valence-electron chi connectivity index (χ2n) is 6.97. The first-order valence-electron chi connectivity index (χ1n) is 7.95. The Labute approximate surface area is 124 Å². The highest BCUT2D eigenvalue weighted by molar-refractivity contribution is 5.30. The number of benzene rings is 1. The lowest BCUT2D eigenvalue weighted by Crippen LogP contribution is -2.52. The third-order valence-corrected chi connectivity index (χ3v) is 4.84. The number of rotatable bonds is 4. The Hall–Kier alpha value is -0.860. The van der Waals surface area contributed by atoms with Gasteiger partial charge in [0.15, 0.2) is 0 Å². The van der Waals surface area contributed by atoms with Gasteiger partial charge in [-0.2, -0.15) is 0 Å². The SMILES string of the molecule is Cc1ccc(C)c(CNC2(C)CCN(C(C)C)CC2)c1. The van der Waals surface area contributed by atoms with Gasteiger partial charge in [-0.3, -0.25) is 0 Å². The number of hydrogen-bond donors (Lipinski definition) is 1. The van der Waals surface area contributed by atoms with E-state index in [1.54, 1.807) is 0 Å². The average Bonchev–Trinajstić information content (AvgIpc) is 2.40. The molecule has 2 rings (SSSR count). The molecule has 0 unspecified atom stereocenters. The van der Waals surface area contributed by atoms with Crippen LogP contribution in [0.15, 0.2) is 18.2 Å². The van der Waals surface area contributed by atoms with E-state index in [0.29, 0.717) is 11.6 Å². The standard InChI is InChI=1S/C18H30N2/c1-14(2)20-10-8-18(5,9-11-20)19-13-17-12-15(3)6-7-16(17)4/h6-7,12,14,19H,8-11,13H2,1-5H3. The molecule has 0 atom stereocenters. The monoisotopic (exact) mass is 274 g/mol. The van der Waals surface area contributed by atoms with Gasteiger partial charge in [-0.15, -0.1) is 0 Å². The van der Waals surface area contributed by atoms with Crippen LogP contribution in [-0.4, -0.2) is 29.6 Å². The van der Waals surface area contributed by atoms with E-state index < -0.39 is 0 Å². The normalized spacial score (nSPS) is 19.5. The lowest BCUT2D eigenvalue weighted by Gasteiger charge is -2.42. The molecule has 1 aromatic rings. The van der Waals surface area contributed by atoms with Crippen molar-refractivity contribution >= 4 is 0 Å². The second-order valence-corrected chi connectivity index (χ2v) is 6.97. The number of likely N-dealkylation sites (tertiary alicyclic amines) is 1. The molecular formula is C18H30N2. The molecule has 1 aliphatic rings. The van der Waals surface area contributed by atoms with Crippen molar-refractivity contribution in [1.29, 1.82) is 0 Å². The summed E-state index contributed by atoms with van der Waals surface area (Å²) in [5, 5.41) is 3.82. The topological polar surface area (TPSA) is 15.3 Å². The van der Waals surface area contributed by atoms with Crippen LogP contribution in [0.4, 0.5) is 0 Å². The molecule has 0 aromatic heterocycles. The summed E-state index contributed by atoms with van der Waals surface area (Å²) in [6.45, 7) is 14.8. The van der Waals surface area contributed by atoms with Gasteiger partial charge in [-0.05, 0) is 58.6 Å². The molecule has 2 heteroatoms. The molecule has 1 fully saturated rings. The maximum absolute atomic E-state index is 3.82. The Morgan fingerprint density at radius 1 is 1.20 bits per heavy atom. The highest BCUT2D eigenvalue weighted by atomic mass is 15.2. The minimum absolute atomic E-state index is 0.293. The van der Waals surface area contributed by atoms with Crippen molar-refractivity contribution in [2.75, 3.05) is 13.1 Å². The molecule has 0 radical (unpaired) electrons. The van der Waals surface area contributed by atoms with E-state index in [1.165, 1.54) is 42.6 Å². The summed E-state index contributed by atoms with van der Waals surface area (Å²) < 4.78 is 0. The molecule has 0 saturated carbocycles. The number of piperidine rings is 1. The number of hydrogen-bond acceptors (Lipinski definition) is 2. The van der Waals surface area contributed by atoms with Crippen molar-refractivity contribution in [2.45, 2.75) is 65.6 Å². The van der Waals surface area contributed by atoms with Crippen LogP contribution in [0.5, 0.6) is 0 Å². The summed E-state index contributed by atoms with van der Waals surface area (Å²) in [6.07, 6.45) is 2.49. The molecule has 1 aliphatic heterocycles. The first-order chi connectivity index (χ1) is 9.39. The van der Waals surface area contributed by atoms with Crippen LogP contribution in [0.3, 0.4) is 0 Å². The lowest BCUT2D eigenvalue weighted by molar-refractivity contribution is 0.119. The predicted octanol–water partition coefficient (Wildman–Crippen LogP) is 3.66. The van der Waals surface area contributed by atoms with E-state index in [9.17, 15) is 0 Å². The number of nitrogens with zero attached hydrogens (tertiary/aromatic N) is 1. The van der Waals surface area contributed by atoms with Crippen molar-refractivity contribution in [2.24, 2.45) is 0 Å². The maximum Gasteiger partial charge on any atom is 0.0213 e. The minimum atomic E-state index is 0.293. The molecule has 1 saturated heterocycles. The highest BCUT2D eigenvalue weighted by Crippen LogP contribution is 2.24. The van der Waals surface area contributed by atoms with Crippen LogP contribution in [0.25, 0.3) is 0 Å². The minimum Gasteiger partial charge on any atom is -0.307 e. The van der Waals surface area contributed by atoms with Crippen molar-refractivity contribution in [1.82, 2.24) is 10.2 Å². The summed E-state index contributed by atoms with van der Waals surface area (Å²) in [4.78, 5) is 2.58. The van der Waals surface area contributed by atoms with Crippen LogP contribution >= 0.6 is 0 Å². The summed E-state index contributed by atoms with van der Waals surface area (Å²) in [5.74, 6) is 0. The molecule has 1 N–H and O–H groups in total. The van der Waals surface area contributed by atoms with E-state index in [4.69, 9.17) is 0 Å². The fraction of sp³-hybridized carbons (Fsp3) is 0.667. The Kier molecular flexibility index (Phi) is 4.87. The second kappa shape index (κ2) is 6.28. The summed E-state index contributed by atoms with van der Waals surface area (Å²) >= 11 is 0. The van der Waals surface area contributed by atoms with E-state index in [2.05, 4.69) is 63.0 Å². The average molecular weight is 274 g/mol. The highest BCUT2D eigenvalue weighted by Gasteiger charge is 2.30. The van der Waals surface area contributed by atoms with Gasteiger partial charge >= 0.3 is 0 Å². The Morgan fingerprint density at radius 3 is 2.45 bits per heavy atom. The molecule has 112 valence electrons. The zero-order valence-electron chi connectivity index (χ0n) is 13.8. The molecule has 0 aliphatic carbocycles. The smallest absolute Gasteiger partial charge is 0.0213 e. The zero-order chi connectivity index (χ0) is 14.8. The molecule has 1 aromatic carbocycles. The molecular weight excluding hydrogens is 244 g/mol. The van der Waals surface area contributed by atoms with Gasteiger partial charge in [-0.25, -0.2) is 0 Å². The van der Waals surface area contributed by atoms with E-state index in [0.717, 1.165) is 6.54 Å². The summed E-state index contributed by atoms with van der Waals surface area (Å²) in [5.41, 5.74) is 4.48. The lowest BCUT2D eigenvalue weighted by atomic mass is 9.88. The van der Waals surface area contributed by atoms with Crippen molar-refractivity contribution in [3.05, 3.63) is 34.9 Å². The van der Waals surface area contributed by atoms with Gasteiger partial charge in [0.25, 0.3) is 0 Å². The van der Waals surface area contributed by atoms with Crippen LogP contribution in [0.1, 0.15) is 50.3 Å². The van der Waals surface area contributed by atoms with E-state index in [1.807, 2.05) is 0 Å². The maximum atomic E-state index is 3.82. The third kappa shape index (κ3) is 3.83. The quantitative estimate of drug-likeness (QED) is 0.901.